The molecule has 2 N–H and O–H groups in total. The molecule has 23 heavy (non-hydrogen) atoms. The SMILES string of the molecule is O=C1N(CC2CCCCC2)CCC[C@@]1(O)CN1CCC(O)CC1. The van der Waals surface area contributed by atoms with Crippen molar-refractivity contribution in [1.29, 1.82) is 0 Å². The molecule has 1 amide bonds. The van der Waals surface area contributed by atoms with Crippen molar-refractivity contribution in [2.75, 3.05) is 32.7 Å². The van der Waals surface area contributed by atoms with Crippen LogP contribution in [0.4, 0.5) is 0 Å². The van der Waals surface area contributed by atoms with Gasteiger partial charge in [0.05, 0.1) is 6.10 Å². The van der Waals surface area contributed by atoms with Crippen molar-refractivity contribution in [3.05, 3.63) is 0 Å². The van der Waals surface area contributed by atoms with Crippen molar-refractivity contribution in [2.24, 2.45) is 5.92 Å². The molecule has 2 saturated heterocycles. The van der Waals surface area contributed by atoms with Gasteiger partial charge in [-0.3, -0.25) is 9.69 Å². The van der Waals surface area contributed by atoms with Crippen molar-refractivity contribution >= 4 is 5.91 Å². The first-order chi connectivity index (χ1) is 11.1. The van der Waals surface area contributed by atoms with Crippen LogP contribution in [0.5, 0.6) is 0 Å². The summed E-state index contributed by atoms with van der Waals surface area (Å²) < 4.78 is 0. The van der Waals surface area contributed by atoms with E-state index < -0.39 is 5.60 Å². The second kappa shape index (κ2) is 7.49. The molecule has 0 bridgehead atoms. The average Bonchev–Trinajstić information content (AvgIpc) is 2.55. The maximum absolute atomic E-state index is 12.9. The van der Waals surface area contributed by atoms with Gasteiger partial charge < -0.3 is 15.1 Å². The van der Waals surface area contributed by atoms with Crippen LogP contribution in [0.15, 0.2) is 0 Å². The van der Waals surface area contributed by atoms with Crippen molar-refractivity contribution in [3.8, 4) is 0 Å². The molecule has 1 aliphatic carbocycles. The number of rotatable bonds is 4. The van der Waals surface area contributed by atoms with Crippen LogP contribution in [-0.4, -0.2) is 70.3 Å². The summed E-state index contributed by atoms with van der Waals surface area (Å²) in [7, 11) is 0. The van der Waals surface area contributed by atoms with Gasteiger partial charge in [-0.05, 0) is 44.4 Å². The van der Waals surface area contributed by atoms with Crippen LogP contribution in [-0.2, 0) is 4.79 Å². The minimum Gasteiger partial charge on any atom is -0.393 e. The summed E-state index contributed by atoms with van der Waals surface area (Å²) in [5.74, 6) is 0.570. The fraction of sp³-hybridized carbons (Fsp3) is 0.944. The molecule has 1 atom stereocenters. The molecule has 132 valence electrons. The van der Waals surface area contributed by atoms with Gasteiger partial charge in [0.15, 0.2) is 5.60 Å². The van der Waals surface area contributed by atoms with Gasteiger partial charge in [-0.2, -0.15) is 0 Å². The first-order valence-electron chi connectivity index (χ1n) is 9.49. The van der Waals surface area contributed by atoms with E-state index in [1.165, 1.54) is 32.1 Å². The summed E-state index contributed by atoms with van der Waals surface area (Å²) in [5.41, 5.74) is -1.21. The summed E-state index contributed by atoms with van der Waals surface area (Å²) in [6, 6.07) is 0. The monoisotopic (exact) mass is 324 g/mol. The molecule has 0 radical (unpaired) electrons. The minimum atomic E-state index is -1.21. The maximum Gasteiger partial charge on any atom is 0.255 e. The molecule has 2 aliphatic heterocycles. The topological polar surface area (TPSA) is 64.0 Å². The predicted octanol–water partition coefficient (Wildman–Crippen LogP) is 1.38. The van der Waals surface area contributed by atoms with Gasteiger partial charge in [0.25, 0.3) is 5.91 Å². The highest BCUT2D eigenvalue weighted by atomic mass is 16.3. The van der Waals surface area contributed by atoms with Crippen LogP contribution in [0.2, 0.25) is 0 Å². The lowest BCUT2D eigenvalue weighted by atomic mass is 9.86. The Morgan fingerprint density at radius 3 is 2.39 bits per heavy atom. The molecule has 5 heteroatoms. The largest absolute Gasteiger partial charge is 0.393 e. The Labute approximate surface area is 139 Å². The Morgan fingerprint density at radius 1 is 1.00 bits per heavy atom. The van der Waals surface area contributed by atoms with Crippen molar-refractivity contribution in [2.45, 2.75) is 69.5 Å². The smallest absolute Gasteiger partial charge is 0.255 e. The molecule has 3 rings (SSSR count). The van der Waals surface area contributed by atoms with E-state index in [1.807, 2.05) is 4.90 Å². The number of carbonyl (C=O) groups excluding carboxylic acids is 1. The first-order valence-corrected chi connectivity index (χ1v) is 9.49. The number of β-amino-alcohol motifs (C(OH)–C–C–N with tert-alkyl or cyclic N) is 1. The highest BCUT2D eigenvalue weighted by molar-refractivity contribution is 5.86. The Morgan fingerprint density at radius 2 is 1.70 bits per heavy atom. The van der Waals surface area contributed by atoms with E-state index in [4.69, 9.17) is 0 Å². The van der Waals surface area contributed by atoms with Gasteiger partial charge in [0.1, 0.15) is 0 Å². The first kappa shape index (κ1) is 17.2. The molecule has 0 aromatic rings. The molecule has 0 aromatic carbocycles. The second-order valence-electron chi connectivity index (χ2n) is 7.90. The van der Waals surface area contributed by atoms with Crippen LogP contribution < -0.4 is 0 Å². The predicted molar refractivity (Wildman–Crippen MR) is 89.0 cm³/mol. The van der Waals surface area contributed by atoms with E-state index in [1.54, 1.807) is 0 Å². The third kappa shape index (κ3) is 4.25. The molecule has 0 unspecified atom stereocenters. The molecular formula is C18H32N2O3. The standard InChI is InChI=1S/C18H32N2O3/c21-16-7-11-19(12-8-16)14-18(23)9-4-10-20(17(18)22)13-15-5-2-1-3-6-15/h15-16,21,23H,1-14H2/t18-/m1/s1. The van der Waals surface area contributed by atoms with Crippen molar-refractivity contribution < 1.29 is 15.0 Å². The molecule has 2 heterocycles. The average molecular weight is 324 g/mol. The van der Waals surface area contributed by atoms with Crippen LogP contribution in [0.1, 0.15) is 57.8 Å². The minimum absolute atomic E-state index is 0.0551. The molecule has 1 saturated carbocycles. The van der Waals surface area contributed by atoms with Gasteiger partial charge >= 0.3 is 0 Å². The molecule has 5 nitrogen and oxygen atoms in total. The van der Waals surface area contributed by atoms with E-state index in [2.05, 4.69) is 4.90 Å². The summed E-state index contributed by atoms with van der Waals surface area (Å²) in [4.78, 5) is 16.9. The molecule has 3 aliphatic rings. The number of hydrogen-bond acceptors (Lipinski definition) is 4. The zero-order chi connectivity index (χ0) is 16.3. The van der Waals surface area contributed by atoms with Crippen LogP contribution >= 0.6 is 0 Å². The third-order valence-corrected chi connectivity index (χ3v) is 5.95. The molecule has 3 fully saturated rings. The van der Waals surface area contributed by atoms with Crippen LogP contribution in [0.3, 0.4) is 0 Å². The number of piperidine rings is 2. The van der Waals surface area contributed by atoms with E-state index in [0.717, 1.165) is 45.4 Å². The molecule has 0 spiro atoms. The fourth-order valence-corrected chi connectivity index (χ4v) is 4.51. The lowest BCUT2D eigenvalue weighted by Crippen LogP contribution is -2.60. The lowest BCUT2D eigenvalue weighted by molar-refractivity contribution is -0.161. The van der Waals surface area contributed by atoms with E-state index in [0.29, 0.717) is 18.9 Å². The second-order valence-corrected chi connectivity index (χ2v) is 7.90. The quantitative estimate of drug-likeness (QED) is 0.820. The van der Waals surface area contributed by atoms with Crippen LogP contribution in [0, 0.1) is 5.92 Å². The van der Waals surface area contributed by atoms with Crippen molar-refractivity contribution in [1.82, 2.24) is 9.80 Å². The third-order valence-electron chi connectivity index (χ3n) is 5.95. The number of carbonyl (C=O) groups is 1. The zero-order valence-electron chi connectivity index (χ0n) is 14.3. The van der Waals surface area contributed by atoms with Crippen LogP contribution in [0.25, 0.3) is 0 Å². The molecular weight excluding hydrogens is 292 g/mol. The van der Waals surface area contributed by atoms with Gasteiger partial charge in [-0.1, -0.05) is 19.3 Å². The zero-order valence-corrected chi connectivity index (χ0v) is 14.3. The Bertz CT molecular complexity index is 403. The molecule has 0 aromatic heterocycles. The number of likely N-dealkylation sites (tertiary alicyclic amines) is 2. The highest BCUT2D eigenvalue weighted by Crippen LogP contribution is 2.29. The number of amides is 1. The normalized spacial score (nSPS) is 32.4. The summed E-state index contributed by atoms with van der Waals surface area (Å²) in [6.45, 7) is 3.62. The Balaban J connectivity index is 1.56. The number of hydrogen-bond donors (Lipinski definition) is 2. The van der Waals surface area contributed by atoms with Gasteiger partial charge in [0, 0.05) is 32.7 Å². The fourth-order valence-electron chi connectivity index (χ4n) is 4.51. The maximum atomic E-state index is 12.9. The summed E-state index contributed by atoms with van der Waals surface area (Å²) in [6.07, 6.45) is 9.10. The van der Waals surface area contributed by atoms with Crippen molar-refractivity contribution in [3.63, 3.8) is 0 Å². The van der Waals surface area contributed by atoms with E-state index in [9.17, 15) is 15.0 Å². The van der Waals surface area contributed by atoms with E-state index in [-0.39, 0.29) is 12.0 Å². The van der Waals surface area contributed by atoms with Gasteiger partial charge in [-0.15, -0.1) is 0 Å². The highest BCUT2D eigenvalue weighted by Gasteiger charge is 2.44. The Hall–Kier alpha value is -0.650. The van der Waals surface area contributed by atoms with E-state index >= 15 is 0 Å². The van der Waals surface area contributed by atoms with Gasteiger partial charge in [0.2, 0.25) is 0 Å². The summed E-state index contributed by atoms with van der Waals surface area (Å²) in [5, 5.41) is 20.6. The van der Waals surface area contributed by atoms with Gasteiger partial charge in [-0.25, -0.2) is 0 Å². The number of nitrogens with zero attached hydrogens (tertiary/aromatic N) is 2. The number of aliphatic hydroxyl groups excluding tert-OH is 1. The summed E-state index contributed by atoms with van der Waals surface area (Å²) >= 11 is 0. The Kier molecular flexibility index (Phi) is 5.60. The number of aliphatic hydroxyl groups is 2. The lowest BCUT2D eigenvalue weighted by Gasteiger charge is -2.43.